The van der Waals surface area contributed by atoms with Crippen LogP contribution in [0.25, 0.3) is 0 Å². The molecule has 1 unspecified atom stereocenters. The largest absolute Gasteiger partial charge is 0.326 e. The van der Waals surface area contributed by atoms with Gasteiger partial charge in [0, 0.05) is 12.6 Å². The molecule has 100 valence electrons. The molecule has 1 saturated carbocycles. The van der Waals surface area contributed by atoms with Gasteiger partial charge in [-0.15, -0.1) is 0 Å². The normalized spacial score (nSPS) is 17.7. The molecule has 0 heterocycles. The third kappa shape index (κ3) is 4.04. The Balaban J connectivity index is 1.88. The summed E-state index contributed by atoms with van der Waals surface area (Å²) in [6.45, 7) is 0.272. The minimum absolute atomic E-state index is 0.104. The second kappa shape index (κ2) is 5.34. The number of nitrogens with two attached hydrogens (primary N) is 1. The topological polar surface area (TPSA) is 72.2 Å². The molecule has 0 radical (unpaired) electrons. The van der Waals surface area contributed by atoms with E-state index in [0.717, 1.165) is 12.8 Å². The minimum atomic E-state index is -3.40. The predicted molar refractivity (Wildman–Crippen MR) is 67.7 cm³/mol. The van der Waals surface area contributed by atoms with Crippen molar-refractivity contribution in [2.45, 2.75) is 24.6 Å². The summed E-state index contributed by atoms with van der Waals surface area (Å²) in [4.78, 5) is 0. The molecular formula is C12H17FN2O2S. The summed E-state index contributed by atoms with van der Waals surface area (Å²) in [5, 5.41) is 0. The van der Waals surface area contributed by atoms with E-state index < -0.39 is 10.0 Å². The van der Waals surface area contributed by atoms with Gasteiger partial charge in [-0.1, -0.05) is 12.1 Å². The third-order valence-corrected chi connectivity index (χ3v) is 4.36. The Morgan fingerprint density at radius 2 is 1.94 bits per heavy atom. The first-order valence-corrected chi connectivity index (χ1v) is 7.59. The lowest BCUT2D eigenvalue weighted by molar-refractivity contribution is 0.547. The molecule has 18 heavy (non-hydrogen) atoms. The van der Waals surface area contributed by atoms with Crippen LogP contribution < -0.4 is 10.5 Å². The van der Waals surface area contributed by atoms with Crippen LogP contribution in [0.2, 0.25) is 0 Å². The highest BCUT2D eigenvalue weighted by atomic mass is 32.2. The fourth-order valence-corrected chi connectivity index (χ4v) is 2.95. The van der Waals surface area contributed by atoms with Crippen molar-refractivity contribution in [1.82, 2.24) is 4.72 Å². The monoisotopic (exact) mass is 272 g/mol. The molecule has 1 aliphatic rings. The SMILES string of the molecule is NC(CNS(=O)(=O)Cc1ccc(F)cc1)C1CC1. The molecule has 0 saturated heterocycles. The molecule has 1 fully saturated rings. The van der Waals surface area contributed by atoms with E-state index in [1.807, 2.05) is 0 Å². The van der Waals surface area contributed by atoms with Crippen molar-refractivity contribution in [3.63, 3.8) is 0 Å². The average Bonchev–Trinajstić information content (AvgIpc) is 3.13. The number of hydrogen-bond acceptors (Lipinski definition) is 3. The van der Waals surface area contributed by atoms with Crippen LogP contribution >= 0.6 is 0 Å². The van der Waals surface area contributed by atoms with Crippen LogP contribution in [0.3, 0.4) is 0 Å². The van der Waals surface area contributed by atoms with Gasteiger partial charge in [-0.25, -0.2) is 17.5 Å². The van der Waals surface area contributed by atoms with Crippen molar-refractivity contribution < 1.29 is 12.8 Å². The van der Waals surface area contributed by atoms with Gasteiger partial charge in [-0.2, -0.15) is 0 Å². The van der Waals surface area contributed by atoms with Gasteiger partial charge in [0.2, 0.25) is 10.0 Å². The molecule has 1 aliphatic carbocycles. The van der Waals surface area contributed by atoms with Crippen LogP contribution in [0.1, 0.15) is 18.4 Å². The summed E-state index contributed by atoms with van der Waals surface area (Å²) >= 11 is 0. The average molecular weight is 272 g/mol. The molecule has 3 N–H and O–H groups in total. The van der Waals surface area contributed by atoms with E-state index in [4.69, 9.17) is 5.73 Å². The summed E-state index contributed by atoms with van der Waals surface area (Å²) in [7, 11) is -3.40. The number of benzene rings is 1. The number of sulfonamides is 1. The summed E-state index contributed by atoms with van der Waals surface area (Å²) in [5.74, 6) is -0.0663. The zero-order valence-electron chi connectivity index (χ0n) is 9.97. The van der Waals surface area contributed by atoms with Gasteiger partial charge in [-0.05, 0) is 36.5 Å². The molecule has 0 aliphatic heterocycles. The summed E-state index contributed by atoms with van der Waals surface area (Å²) in [6, 6.07) is 5.33. The van der Waals surface area contributed by atoms with Gasteiger partial charge < -0.3 is 5.73 Å². The van der Waals surface area contributed by atoms with E-state index in [1.54, 1.807) is 0 Å². The van der Waals surface area contributed by atoms with E-state index in [-0.39, 0.29) is 24.2 Å². The molecule has 1 aromatic carbocycles. The molecule has 2 rings (SSSR count). The maximum absolute atomic E-state index is 12.7. The lowest BCUT2D eigenvalue weighted by Crippen LogP contribution is -2.39. The highest BCUT2D eigenvalue weighted by Crippen LogP contribution is 2.31. The van der Waals surface area contributed by atoms with Crippen molar-refractivity contribution in [2.24, 2.45) is 11.7 Å². The van der Waals surface area contributed by atoms with Crippen LogP contribution in [0.15, 0.2) is 24.3 Å². The smallest absolute Gasteiger partial charge is 0.215 e. The first-order valence-electron chi connectivity index (χ1n) is 5.94. The molecule has 6 heteroatoms. The van der Waals surface area contributed by atoms with Gasteiger partial charge in [-0.3, -0.25) is 0 Å². The van der Waals surface area contributed by atoms with E-state index in [0.29, 0.717) is 11.5 Å². The van der Waals surface area contributed by atoms with Gasteiger partial charge in [0.15, 0.2) is 0 Å². The summed E-state index contributed by atoms with van der Waals surface area (Å²) < 4.78 is 38.7. The van der Waals surface area contributed by atoms with Gasteiger partial charge in [0.25, 0.3) is 0 Å². The zero-order chi connectivity index (χ0) is 13.2. The Kier molecular flexibility index (Phi) is 3.99. The Bertz CT molecular complexity index is 497. The maximum Gasteiger partial charge on any atom is 0.215 e. The van der Waals surface area contributed by atoms with Gasteiger partial charge in [0.05, 0.1) is 5.75 Å². The van der Waals surface area contributed by atoms with Crippen LogP contribution in [-0.4, -0.2) is 21.0 Å². The molecule has 1 atom stereocenters. The Morgan fingerprint density at radius 1 is 1.33 bits per heavy atom. The Morgan fingerprint density at radius 3 is 2.50 bits per heavy atom. The van der Waals surface area contributed by atoms with Crippen LogP contribution in [0.5, 0.6) is 0 Å². The van der Waals surface area contributed by atoms with Crippen molar-refractivity contribution in [2.75, 3.05) is 6.54 Å². The van der Waals surface area contributed by atoms with Crippen LogP contribution in [0, 0.1) is 11.7 Å². The van der Waals surface area contributed by atoms with E-state index in [2.05, 4.69) is 4.72 Å². The molecule has 1 aromatic rings. The van der Waals surface area contributed by atoms with Crippen molar-refractivity contribution in [3.8, 4) is 0 Å². The van der Waals surface area contributed by atoms with E-state index in [9.17, 15) is 12.8 Å². The molecular weight excluding hydrogens is 255 g/mol. The van der Waals surface area contributed by atoms with Gasteiger partial charge in [0.1, 0.15) is 5.82 Å². The number of nitrogens with one attached hydrogen (secondary N) is 1. The first kappa shape index (κ1) is 13.5. The van der Waals surface area contributed by atoms with E-state index >= 15 is 0 Å². The standard InChI is InChI=1S/C12H17FN2O2S/c13-11-5-1-9(2-6-11)8-18(16,17)15-7-12(14)10-3-4-10/h1-2,5-6,10,12,15H,3-4,7-8,14H2. The number of hydrogen-bond donors (Lipinski definition) is 2. The molecule has 4 nitrogen and oxygen atoms in total. The minimum Gasteiger partial charge on any atom is -0.326 e. The quantitative estimate of drug-likeness (QED) is 0.811. The van der Waals surface area contributed by atoms with Crippen molar-refractivity contribution in [3.05, 3.63) is 35.6 Å². The molecule has 0 amide bonds. The fraction of sp³-hybridized carbons (Fsp3) is 0.500. The third-order valence-electron chi connectivity index (χ3n) is 3.04. The van der Waals surface area contributed by atoms with Crippen LogP contribution in [-0.2, 0) is 15.8 Å². The highest BCUT2D eigenvalue weighted by Gasteiger charge is 2.29. The second-order valence-electron chi connectivity index (χ2n) is 4.74. The Hall–Kier alpha value is -0.980. The highest BCUT2D eigenvalue weighted by molar-refractivity contribution is 7.88. The molecule has 0 bridgehead atoms. The Labute approximate surface area is 106 Å². The lowest BCUT2D eigenvalue weighted by atomic mass is 10.2. The summed E-state index contributed by atoms with van der Waals surface area (Å²) in [6.07, 6.45) is 2.17. The lowest BCUT2D eigenvalue weighted by Gasteiger charge is -2.12. The summed E-state index contributed by atoms with van der Waals surface area (Å²) in [5.41, 5.74) is 6.38. The molecule has 0 spiro atoms. The van der Waals surface area contributed by atoms with E-state index in [1.165, 1.54) is 24.3 Å². The predicted octanol–water partition coefficient (Wildman–Crippen LogP) is 0.982. The van der Waals surface area contributed by atoms with Gasteiger partial charge >= 0.3 is 0 Å². The van der Waals surface area contributed by atoms with Crippen LogP contribution in [0.4, 0.5) is 4.39 Å². The maximum atomic E-state index is 12.7. The number of halogens is 1. The molecule has 0 aromatic heterocycles. The first-order chi connectivity index (χ1) is 8.46. The van der Waals surface area contributed by atoms with Crippen molar-refractivity contribution >= 4 is 10.0 Å². The fourth-order valence-electron chi connectivity index (χ4n) is 1.77. The zero-order valence-corrected chi connectivity index (χ0v) is 10.8. The number of rotatable bonds is 6. The van der Waals surface area contributed by atoms with Crippen molar-refractivity contribution in [1.29, 1.82) is 0 Å². The second-order valence-corrected chi connectivity index (χ2v) is 6.54.